The molecule has 2 atom stereocenters. The zero-order valence-corrected chi connectivity index (χ0v) is 61.3. The van der Waals surface area contributed by atoms with Crippen LogP contribution in [0.15, 0.2) is 346 Å². The van der Waals surface area contributed by atoms with Crippen LogP contribution in [0.25, 0.3) is 216 Å². The lowest BCUT2D eigenvalue weighted by Gasteiger charge is -2.36. The Balaban J connectivity index is 0.640. The molecule has 115 heavy (non-hydrogen) atoms. The van der Waals surface area contributed by atoms with E-state index in [-0.39, 0.29) is 5.92 Å². The largest absolute Gasteiger partial charge is 0.481 e. The number of hydrogen-bond acceptors (Lipinski definition) is 12. The van der Waals surface area contributed by atoms with E-state index in [1.807, 2.05) is 85.3 Å². The summed E-state index contributed by atoms with van der Waals surface area (Å²) in [7, 11) is 0. The van der Waals surface area contributed by atoms with Gasteiger partial charge in [0, 0.05) is 118 Å². The lowest BCUT2D eigenvalue weighted by atomic mass is 9.72. The van der Waals surface area contributed by atoms with E-state index in [1.54, 1.807) is 6.20 Å². The van der Waals surface area contributed by atoms with Gasteiger partial charge in [0.1, 0.15) is 50.5 Å². The molecule has 0 amide bonds. The van der Waals surface area contributed by atoms with Crippen LogP contribution >= 0.6 is 0 Å². The van der Waals surface area contributed by atoms with Crippen molar-refractivity contribution < 1.29 is 22.6 Å². The van der Waals surface area contributed by atoms with Crippen LogP contribution in [0.2, 0.25) is 0 Å². The van der Waals surface area contributed by atoms with E-state index in [1.165, 1.54) is 10.8 Å². The van der Waals surface area contributed by atoms with Crippen LogP contribution < -0.4 is 4.74 Å². The maximum absolute atomic E-state index is 7.54. The lowest BCUT2D eigenvalue weighted by molar-refractivity contribution is 0.167. The quantitative estimate of drug-likeness (QED) is 0.127. The SMILES string of the molecule is CC12Oc3ccncc3C1C=C(c1cc(-c3cccc(-n4c5ccccc5c5cnccc54)c3)c3oc4c(-c5ccc6c7ccccc7n(-c7ccc8oc9ccc(-c%10ccc%11oc%12c(-n%13c%14ccccc%14c%14ccccc%14%13)cccc%12c%11n%10)nc9c8c7)c6c5)cccc4c3n1)C=C2c1cccc(-c2nonc2-c2ccccc2)c1. The van der Waals surface area contributed by atoms with Crippen molar-refractivity contribution >= 4 is 143 Å². The molecule has 12 aromatic heterocycles. The van der Waals surface area contributed by atoms with E-state index in [0.29, 0.717) is 39.4 Å². The average Bonchev–Trinajstić information content (AvgIpc) is 1.60. The number of hydrogen-bond donors (Lipinski definition) is 0. The molecule has 2 aliphatic rings. The molecule has 11 aromatic carbocycles. The second kappa shape index (κ2) is 24.0. The third-order valence-electron chi connectivity index (χ3n) is 23.8. The maximum Gasteiger partial charge on any atom is 0.161 e. The number of rotatable bonds is 10. The second-order valence-electron chi connectivity index (χ2n) is 30.1. The number of benzene rings is 11. The molecule has 0 bridgehead atoms. The maximum atomic E-state index is 7.54. The van der Waals surface area contributed by atoms with Crippen LogP contribution in [-0.4, -0.2) is 54.5 Å². The fourth-order valence-electron chi connectivity index (χ4n) is 18.6. The number of allylic oxidation sites excluding steroid dienone is 2. The van der Waals surface area contributed by atoms with Crippen molar-refractivity contribution in [3.63, 3.8) is 0 Å². The Labute approximate surface area is 652 Å². The summed E-state index contributed by atoms with van der Waals surface area (Å²) in [5, 5.41) is 18.4. The van der Waals surface area contributed by atoms with Gasteiger partial charge in [-0.2, -0.15) is 0 Å². The summed E-state index contributed by atoms with van der Waals surface area (Å²) in [5.41, 5.74) is 27.7. The van der Waals surface area contributed by atoms with Crippen molar-refractivity contribution in [2.75, 3.05) is 0 Å². The van der Waals surface area contributed by atoms with Gasteiger partial charge in [-0.15, -0.1) is 0 Å². The molecule has 0 saturated heterocycles. The summed E-state index contributed by atoms with van der Waals surface area (Å²) < 4.78 is 40.6. The molecule has 15 heteroatoms. The molecule has 13 heterocycles. The molecule has 0 fully saturated rings. The second-order valence-corrected chi connectivity index (χ2v) is 30.1. The van der Waals surface area contributed by atoms with E-state index in [2.05, 4.69) is 278 Å². The molecule has 23 aromatic rings. The highest BCUT2D eigenvalue weighted by atomic mass is 16.6. The smallest absolute Gasteiger partial charge is 0.161 e. The van der Waals surface area contributed by atoms with Gasteiger partial charge in [0.2, 0.25) is 0 Å². The Kier molecular flexibility index (Phi) is 13.2. The summed E-state index contributed by atoms with van der Waals surface area (Å²) in [6.45, 7) is 2.18. The minimum atomic E-state index is -0.848. The minimum Gasteiger partial charge on any atom is -0.481 e. The van der Waals surface area contributed by atoms with E-state index in [9.17, 15) is 0 Å². The van der Waals surface area contributed by atoms with Crippen LogP contribution in [0.3, 0.4) is 0 Å². The highest BCUT2D eigenvalue weighted by molar-refractivity contribution is 6.17. The Morgan fingerprint density at radius 1 is 0.348 bits per heavy atom. The number of para-hydroxylation sites is 6. The highest BCUT2D eigenvalue weighted by Gasteiger charge is 2.49. The minimum absolute atomic E-state index is 0.259. The first-order valence-corrected chi connectivity index (χ1v) is 38.4. The van der Waals surface area contributed by atoms with E-state index in [0.717, 1.165) is 188 Å². The average molecular weight is 1480 g/mol. The number of ether oxygens (including phenoxy) is 1. The molecule has 538 valence electrons. The molecule has 25 rings (SSSR count). The molecular formula is C100H58N10O5. The number of pyridine rings is 5. The first kappa shape index (κ1) is 63.2. The van der Waals surface area contributed by atoms with Gasteiger partial charge >= 0.3 is 0 Å². The van der Waals surface area contributed by atoms with Crippen LogP contribution in [0, 0.1) is 0 Å². The monoisotopic (exact) mass is 1480 g/mol. The topological polar surface area (TPSA) is 167 Å². The summed E-state index contributed by atoms with van der Waals surface area (Å²) in [4.78, 5) is 25.8. The molecular weight excluding hydrogens is 1420 g/mol. The molecule has 0 N–H and O–H groups in total. The normalized spacial score (nSPS) is 14.9. The van der Waals surface area contributed by atoms with Crippen molar-refractivity contribution in [2.24, 2.45) is 0 Å². The van der Waals surface area contributed by atoms with Crippen molar-refractivity contribution in [2.45, 2.75) is 18.4 Å². The number of nitrogens with zero attached hydrogens (tertiary/aromatic N) is 10. The van der Waals surface area contributed by atoms with Gasteiger partial charge in [0.25, 0.3) is 0 Å². The highest BCUT2D eigenvalue weighted by Crippen LogP contribution is 2.56. The summed E-state index contributed by atoms with van der Waals surface area (Å²) in [6, 6.07) is 101. The first-order chi connectivity index (χ1) is 56.9. The van der Waals surface area contributed by atoms with Crippen molar-refractivity contribution in [1.82, 2.24) is 48.9 Å². The molecule has 2 unspecified atom stereocenters. The predicted octanol–water partition coefficient (Wildman–Crippen LogP) is 24.8. The van der Waals surface area contributed by atoms with Gasteiger partial charge in [-0.05, 0) is 173 Å². The first-order valence-electron chi connectivity index (χ1n) is 38.4. The predicted molar refractivity (Wildman–Crippen MR) is 456 cm³/mol. The van der Waals surface area contributed by atoms with E-state index < -0.39 is 5.60 Å². The Hall–Kier alpha value is -15.6. The summed E-state index contributed by atoms with van der Waals surface area (Å²) in [6.07, 6.45) is 12.1. The summed E-state index contributed by atoms with van der Waals surface area (Å²) in [5.74, 6) is 0.521. The number of furan rings is 3. The molecule has 1 aliphatic heterocycles. The van der Waals surface area contributed by atoms with Crippen LogP contribution in [0.1, 0.15) is 29.7 Å². The van der Waals surface area contributed by atoms with Crippen molar-refractivity contribution in [1.29, 1.82) is 0 Å². The number of fused-ring (bicyclic) bond motifs is 21. The van der Waals surface area contributed by atoms with Crippen LogP contribution in [0.5, 0.6) is 5.75 Å². The summed E-state index contributed by atoms with van der Waals surface area (Å²) >= 11 is 0. The fraction of sp³-hybridized carbons (Fsp3) is 0.0300. The van der Waals surface area contributed by atoms with Crippen molar-refractivity contribution in [3.05, 3.63) is 345 Å². The van der Waals surface area contributed by atoms with Crippen LogP contribution in [0.4, 0.5) is 0 Å². The van der Waals surface area contributed by atoms with Gasteiger partial charge in [0.05, 0.1) is 61.8 Å². The lowest BCUT2D eigenvalue weighted by Crippen LogP contribution is -2.37. The van der Waals surface area contributed by atoms with E-state index in [4.69, 9.17) is 37.6 Å². The van der Waals surface area contributed by atoms with E-state index >= 15 is 0 Å². The van der Waals surface area contributed by atoms with Crippen molar-refractivity contribution in [3.8, 4) is 79.0 Å². The van der Waals surface area contributed by atoms with Crippen LogP contribution in [-0.2, 0) is 0 Å². The Morgan fingerprint density at radius 3 is 1.70 bits per heavy atom. The standard InChI is InChI=1S/C100H58N10O5/c1-100-76(59-20-13-21-60(47-59)93-92(106-115-107-93)56-17-3-2-4-18-56)49-61(50-77(100)75-55-102-46-44-89(75)114-100)80-53-72(57-19-14-22-62(48-57)108-82-31-10-8-26-68(82)74-54-101-45-43-85(74)108)99-96(105-80)71-28-15-27-64(97(71)113-99)58-35-37-69-67-25-5-9-30-81(67)109(87(69)51-58)63-36-40-88-73(52-63)95-90(111-88)41-38-79(104-95)78-39-42-91-94(103-78)70-29-16-34-86(98(70)112-91)110-83-32-11-6-23-65(83)66-24-7-12-33-84(66)110/h2-55,77H,1H3. The zero-order valence-electron chi connectivity index (χ0n) is 61.3. The molecule has 0 spiro atoms. The molecule has 0 saturated carbocycles. The fourth-order valence-corrected chi connectivity index (χ4v) is 18.6. The van der Waals surface area contributed by atoms with Gasteiger partial charge in [-0.1, -0.05) is 170 Å². The molecule has 15 nitrogen and oxygen atoms in total. The Bertz CT molecular complexity index is 8100. The molecule has 0 radical (unpaired) electrons. The zero-order chi connectivity index (χ0) is 75.3. The third kappa shape index (κ3) is 9.31. The van der Waals surface area contributed by atoms with Gasteiger partial charge in [0.15, 0.2) is 22.3 Å². The Morgan fingerprint density at radius 2 is 0.922 bits per heavy atom. The molecule has 1 aliphatic carbocycles. The number of aromatic nitrogens is 10. The third-order valence-corrected chi connectivity index (χ3v) is 23.8. The van der Waals surface area contributed by atoms with Gasteiger partial charge < -0.3 is 31.7 Å². The van der Waals surface area contributed by atoms with Gasteiger partial charge in [-0.3, -0.25) is 9.97 Å². The van der Waals surface area contributed by atoms with Gasteiger partial charge in [-0.25, -0.2) is 19.6 Å².